The van der Waals surface area contributed by atoms with Crippen LogP contribution in [0.2, 0.25) is 0 Å². The van der Waals surface area contributed by atoms with Gasteiger partial charge in [0.2, 0.25) is 0 Å². The largest absolute Gasteiger partial charge is 0.354 e. The molecule has 7 heteroatoms. The van der Waals surface area contributed by atoms with Crippen LogP contribution in [0.5, 0.6) is 0 Å². The predicted octanol–water partition coefficient (Wildman–Crippen LogP) is 2.29. The number of urea groups is 1. The number of anilines is 1. The predicted molar refractivity (Wildman–Crippen MR) is 87.9 cm³/mol. The summed E-state index contributed by atoms with van der Waals surface area (Å²) >= 11 is 0. The van der Waals surface area contributed by atoms with Crippen LogP contribution in [0.3, 0.4) is 0 Å². The standard InChI is InChI=1S/C16H19N5O2/c1-12(23-11-13-7-3-2-4-8-13)19-15(17)21-16(22)20-14-9-5-6-10-18-14/h2-10,12H,11H2,1H3,(H4,17,18,19,20,21,22). The van der Waals surface area contributed by atoms with Crippen LogP contribution in [-0.4, -0.2) is 23.2 Å². The summed E-state index contributed by atoms with van der Waals surface area (Å²) in [6.07, 6.45) is 1.15. The molecule has 1 unspecified atom stereocenters. The number of benzene rings is 1. The summed E-state index contributed by atoms with van der Waals surface area (Å²) in [6, 6.07) is 14.3. The van der Waals surface area contributed by atoms with Gasteiger partial charge in [-0.1, -0.05) is 36.4 Å². The molecule has 0 saturated carbocycles. The summed E-state index contributed by atoms with van der Waals surface area (Å²) in [5.74, 6) is 0.255. The average Bonchev–Trinajstić information content (AvgIpc) is 2.54. The average molecular weight is 313 g/mol. The second kappa shape index (κ2) is 8.50. The van der Waals surface area contributed by atoms with Crippen LogP contribution < -0.4 is 16.0 Å². The van der Waals surface area contributed by atoms with Crippen LogP contribution in [0.1, 0.15) is 12.5 Å². The van der Waals surface area contributed by atoms with Crippen LogP contribution in [0.4, 0.5) is 10.6 Å². The first-order valence-corrected chi connectivity index (χ1v) is 7.13. The maximum absolute atomic E-state index is 11.7. The van der Waals surface area contributed by atoms with Gasteiger partial charge < -0.3 is 10.1 Å². The number of amides is 2. The number of carbonyl (C=O) groups excluding carboxylic acids is 1. The lowest BCUT2D eigenvalue weighted by atomic mass is 10.2. The Hall–Kier alpha value is -2.93. The highest BCUT2D eigenvalue weighted by molar-refractivity contribution is 6.00. The van der Waals surface area contributed by atoms with Gasteiger partial charge in [-0.3, -0.25) is 16.0 Å². The first-order chi connectivity index (χ1) is 11.1. The van der Waals surface area contributed by atoms with Gasteiger partial charge in [0, 0.05) is 6.20 Å². The van der Waals surface area contributed by atoms with Crippen LogP contribution in [0.25, 0.3) is 0 Å². The van der Waals surface area contributed by atoms with E-state index in [-0.39, 0.29) is 5.96 Å². The summed E-state index contributed by atoms with van der Waals surface area (Å²) in [5.41, 5.74) is 1.04. The van der Waals surface area contributed by atoms with Crippen molar-refractivity contribution >= 4 is 17.8 Å². The van der Waals surface area contributed by atoms with Gasteiger partial charge in [-0.2, -0.15) is 0 Å². The zero-order chi connectivity index (χ0) is 16.5. The van der Waals surface area contributed by atoms with Crippen molar-refractivity contribution in [3.05, 3.63) is 60.3 Å². The number of ether oxygens (including phenoxy) is 1. The van der Waals surface area contributed by atoms with Gasteiger partial charge in [0.15, 0.2) is 5.96 Å². The van der Waals surface area contributed by atoms with Crippen LogP contribution in [0, 0.1) is 5.41 Å². The Bertz CT molecular complexity index is 633. The van der Waals surface area contributed by atoms with Crippen molar-refractivity contribution in [3.63, 3.8) is 0 Å². The van der Waals surface area contributed by atoms with E-state index in [4.69, 9.17) is 10.1 Å². The molecule has 0 fully saturated rings. The van der Waals surface area contributed by atoms with Crippen molar-refractivity contribution in [2.45, 2.75) is 19.8 Å². The fourth-order valence-corrected chi connectivity index (χ4v) is 1.77. The van der Waals surface area contributed by atoms with E-state index in [1.807, 2.05) is 30.3 Å². The highest BCUT2D eigenvalue weighted by Crippen LogP contribution is 2.02. The molecule has 2 aromatic rings. The number of guanidine groups is 1. The molecule has 1 aromatic carbocycles. The second-order valence-electron chi connectivity index (χ2n) is 4.75. The molecule has 0 aliphatic rings. The van der Waals surface area contributed by atoms with Gasteiger partial charge in [-0.15, -0.1) is 0 Å². The summed E-state index contributed by atoms with van der Waals surface area (Å²) in [5, 5.41) is 15.3. The van der Waals surface area contributed by atoms with Gasteiger partial charge in [0.1, 0.15) is 12.0 Å². The SMILES string of the molecule is CC(NC(=N)NC(=O)Nc1ccccn1)OCc1ccccc1. The molecule has 0 aliphatic heterocycles. The first kappa shape index (κ1) is 16.4. The maximum Gasteiger partial charge on any atom is 0.327 e. The van der Waals surface area contributed by atoms with Gasteiger partial charge in [-0.05, 0) is 24.6 Å². The zero-order valence-corrected chi connectivity index (χ0v) is 12.7. The van der Waals surface area contributed by atoms with Gasteiger partial charge >= 0.3 is 6.03 Å². The minimum Gasteiger partial charge on any atom is -0.354 e. The van der Waals surface area contributed by atoms with E-state index in [1.165, 1.54) is 0 Å². The molecule has 1 atom stereocenters. The molecule has 1 aromatic heterocycles. The molecule has 0 saturated heterocycles. The molecule has 2 rings (SSSR count). The molecule has 1 heterocycles. The minimum atomic E-state index is -0.545. The Morgan fingerprint density at radius 3 is 2.65 bits per heavy atom. The van der Waals surface area contributed by atoms with E-state index in [0.29, 0.717) is 12.4 Å². The van der Waals surface area contributed by atoms with E-state index in [2.05, 4.69) is 20.9 Å². The van der Waals surface area contributed by atoms with Crippen molar-refractivity contribution in [2.75, 3.05) is 5.32 Å². The number of hydrogen-bond donors (Lipinski definition) is 4. The van der Waals surface area contributed by atoms with Crippen molar-refractivity contribution in [3.8, 4) is 0 Å². The summed E-state index contributed by atoms with van der Waals surface area (Å²) in [7, 11) is 0. The number of carbonyl (C=O) groups is 1. The van der Waals surface area contributed by atoms with E-state index in [1.54, 1.807) is 31.3 Å². The molecule has 0 radical (unpaired) electrons. The third-order valence-corrected chi connectivity index (χ3v) is 2.84. The van der Waals surface area contributed by atoms with Crippen molar-refractivity contribution in [1.29, 1.82) is 5.41 Å². The molecule has 2 amide bonds. The minimum absolute atomic E-state index is 0.154. The normalized spacial score (nSPS) is 11.3. The summed E-state index contributed by atoms with van der Waals surface area (Å²) in [6.45, 7) is 2.18. The Morgan fingerprint density at radius 1 is 1.22 bits per heavy atom. The highest BCUT2D eigenvalue weighted by atomic mass is 16.5. The number of nitrogens with zero attached hydrogens (tertiary/aromatic N) is 1. The van der Waals surface area contributed by atoms with Crippen LogP contribution in [0.15, 0.2) is 54.7 Å². The smallest absolute Gasteiger partial charge is 0.327 e. The maximum atomic E-state index is 11.7. The lowest BCUT2D eigenvalue weighted by Crippen LogP contribution is -2.46. The molecule has 120 valence electrons. The monoisotopic (exact) mass is 313 g/mol. The number of rotatable bonds is 5. The first-order valence-electron chi connectivity index (χ1n) is 7.13. The Kier molecular flexibility index (Phi) is 6.07. The zero-order valence-electron chi connectivity index (χ0n) is 12.7. The number of nitrogens with one attached hydrogen (secondary N) is 4. The molecule has 23 heavy (non-hydrogen) atoms. The molecule has 0 aliphatic carbocycles. The van der Waals surface area contributed by atoms with Crippen LogP contribution >= 0.6 is 0 Å². The molecule has 7 nitrogen and oxygen atoms in total. The van der Waals surface area contributed by atoms with Crippen molar-refractivity contribution < 1.29 is 9.53 Å². The van der Waals surface area contributed by atoms with Crippen molar-refractivity contribution in [2.24, 2.45) is 0 Å². The molecule has 0 spiro atoms. The lowest BCUT2D eigenvalue weighted by Gasteiger charge is -2.17. The lowest BCUT2D eigenvalue weighted by molar-refractivity contribution is 0.0429. The van der Waals surface area contributed by atoms with E-state index in [0.717, 1.165) is 5.56 Å². The fourth-order valence-electron chi connectivity index (χ4n) is 1.77. The third-order valence-electron chi connectivity index (χ3n) is 2.84. The quantitative estimate of drug-likeness (QED) is 0.386. The van der Waals surface area contributed by atoms with Gasteiger partial charge in [0.05, 0.1) is 6.61 Å². The van der Waals surface area contributed by atoms with Crippen molar-refractivity contribution in [1.82, 2.24) is 15.6 Å². The Labute approximate surface area is 134 Å². The molecule has 0 bridgehead atoms. The second-order valence-corrected chi connectivity index (χ2v) is 4.75. The number of pyridine rings is 1. The van der Waals surface area contributed by atoms with Crippen LogP contribution in [-0.2, 0) is 11.3 Å². The fraction of sp³-hybridized carbons (Fsp3) is 0.188. The summed E-state index contributed by atoms with van der Waals surface area (Å²) in [4.78, 5) is 15.7. The highest BCUT2D eigenvalue weighted by Gasteiger charge is 2.08. The van der Waals surface area contributed by atoms with Gasteiger partial charge in [0.25, 0.3) is 0 Å². The Morgan fingerprint density at radius 2 is 1.96 bits per heavy atom. The molecular formula is C16H19N5O2. The van der Waals surface area contributed by atoms with E-state index in [9.17, 15) is 4.79 Å². The Balaban J connectivity index is 1.70. The number of hydrogen-bond acceptors (Lipinski definition) is 4. The third kappa shape index (κ3) is 6.15. The molecular weight excluding hydrogens is 294 g/mol. The summed E-state index contributed by atoms with van der Waals surface area (Å²) < 4.78 is 5.56. The number of aromatic nitrogens is 1. The van der Waals surface area contributed by atoms with E-state index >= 15 is 0 Å². The van der Waals surface area contributed by atoms with Gasteiger partial charge in [-0.25, -0.2) is 9.78 Å². The molecule has 4 N–H and O–H groups in total. The van der Waals surface area contributed by atoms with E-state index < -0.39 is 12.3 Å². The topological polar surface area (TPSA) is 99.1 Å².